The lowest BCUT2D eigenvalue weighted by Gasteiger charge is -2.32. The fraction of sp³-hybridized carbons (Fsp3) is 0.667. The van der Waals surface area contributed by atoms with Crippen molar-refractivity contribution >= 4 is 0 Å². The third-order valence-corrected chi connectivity index (χ3v) is 6.78. The third-order valence-electron chi connectivity index (χ3n) is 6.78. The Bertz CT molecular complexity index is 802. The van der Waals surface area contributed by atoms with Crippen molar-refractivity contribution in [3.05, 3.63) is 53.1 Å². The molecular formula is C30H47NO4. The molecule has 1 heterocycles. The van der Waals surface area contributed by atoms with Gasteiger partial charge < -0.3 is 24.2 Å². The molecule has 35 heavy (non-hydrogen) atoms. The minimum absolute atomic E-state index is 0.211. The fourth-order valence-corrected chi connectivity index (χ4v) is 4.69. The number of allylic oxidation sites excluding steroid dienone is 4. The number of fused-ring (bicyclic) bond motifs is 1. The van der Waals surface area contributed by atoms with Gasteiger partial charge in [0.25, 0.3) is 0 Å². The second-order valence-electron chi connectivity index (χ2n) is 10.3. The predicted molar refractivity (Wildman–Crippen MR) is 143 cm³/mol. The summed E-state index contributed by atoms with van der Waals surface area (Å²) in [6.45, 7) is 9.20. The summed E-state index contributed by atoms with van der Waals surface area (Å²) in [7, 11) is 0. The smallest absolute Gasteiger partial charge is 0.205 e. The van der Waals surface area contributed by atoms with Crippen LogP contribution < -0.4 is 4.74 Å². The quantitative estimate of drug-likeness (QED) is 0.267. The van der Waals surface area contributed by atoms with Crippen LogP contribution in [0.3, 0.4) is 0 Å². The number of nitrogens with zero attached hydrogens (tertiary/aromatic N) is 1. The Morgan fingerprint density at radius 2 is 1.77 bits per heavy atom. The van der Waals surface area contributed by atoms with Gasteiger partial charge in [-0.15, -0.1) is 0 Å². The second kappa shape index (κ2) is 15.5. The summed E-state index contributed by atoms with van der Waals surface area (Å²) >= 11 is 0. The maximum Gasteiger partial charge on any atom is 0.205 e. The van der Waals surface area contributed by atoms with Gasteiger partial charge in [0.2, 0.25) is 5.79 Å². The zero-order valence-electron chi connectivity index (χ0n) is 22.1. The Balaban J connectivity index is 1.21. The molecule has 5 nitrogen and oxygen atoms in total. The van der Waals surface area contributed by atoms with E-state index in [1.807, 2.05) is 13.8 Å². The first-order valence-corrected chi connectivity index (χ1v) is 13.8. The SMILES string of the molecule is CC1(C)OCc2cc(CCN(CCO)CCCCCCOCCCCC3=CCCC=C3)ccc2O1. The molecule has 1 aromatic rings. The third kappa shape index (κ3) is 10.9. The highest BCUT2D eigenvalue weighted by molar-refractivity contribution is 5.38. The lowest BCUT2D eigenvalue weighted by atomic mass is 10.0. The zero-order chi connectivity index (χ0) is 24.8. The van der Waals surface area contributed by atoms with E-state index in [9.17, 15) is 5.11 Å². The van der Waals surface area contributed by atoms with Crippen LogP contribution in [0.4, 0.5) is 0 Å². The molecule has 1 aliphatic carbocycles. The molecule has 0 atom stereocenters. The molecule has 196 valence electrons. The number of unbranched alkanes of at least 4 members (excludes halogenated alkanes) is 4. The van der Waals surface area contributed by atoms with Crippen molar-refractivity contribution in [1.29, 1.82) is 0 Å². The van der Waals surface area contributed by atoms with E-state index in [1.54, 1.807) is 0 Å². The highest BCUT2D eigenvalue weighted by Gasteiger charge is 2.27. The van der Waals surface area contributed by atoms with E-state index in [-0.39, 0.29) is 6.61 Å². The zero-order valence-corrected chi connectivity index (χ0v) is 22.1. The average Bonchev–Trinajstić information content (AvgIpc) is 2.86. The van der Waals surface area contributed by atoms with Crippen LogP contribution in [0.2, 0.25) is 0 Å². The molecule has 5 heteroatoms. The highest BCUT2D eigenvalue weighted by atomic mass is 16.7. The minimum atomic E-state index is -0.553. The summed E-state index contributed by atoms with van der Waals surface area (Å²) < 4.78 is 17.5. The number of hydrogen-bond donors (Lipinski definition) is 1. The van der Waals surface area contributed by atoms with Gasteiger partial charge in [-0.2, -0.15) is 0 Å². The van der Waals surface area contributed by atoms with E-state index in [1.165, 1.54) is 56.1 Å². The molecule has 0 aromatic heterocycles. The molecule has 0 fully saturated rings. The molecule has 0 spiro atoms. The molecule has 0 radical (unpaired) electrons. The Labute approximate surface area is 213 Å². The van der Waals surface area contributed by atoms with E-state index in [0.717, 1.165) is 63.4 Å². The van der Waals surface area contributed by atoms with Gasteiger partial charge in [-0.05, 0) is 75.6 Å². The number of hydrogen-bond acceptors (Lipinski definition) is 5. The van der Waals surface area contributed by atoms with E-state index >= 15 is 0 Å². The number of aliphatic hydroxyl groups is 1. The Hall–Kier alpha value is -1.66. The standard InChI is InChI=1S/C30H47NO4/c1-30(2)34-25-28-24-27(15-16-29(28)35-30)17-19-31(20-21-32)18-9-3-4-10-22-33-23-11-8-14-26-12-6-5-7-13-26/h6,12-13,15-16,24,32H,3-5,7-11,14,17-23,25H2,1-2H3. The Kier molecular flexibility index (Phi) is 12.3. The molecule has 2 aliphatic rings. The summed E-state index contributed by atoms with van der Waals surface area (Å²) in [6, 6.07) is 6.42. The topological polar surface area (TPSA) is 51.2 Å². The Morgan fingerprint density at radius 3 is 2.57 bits per heavy atom. The number of aliphatic hydroxyl groups excluding tert-OH is 1. The predicted octanol–water partition coefficient (Wildman–Crippen LogP) is 6.19. The summed E-state index contributed by atoms with van der Waals surface area (Å²) in [5.41, 5.74) is 3.92. The summed E-state index contributed by atoms with van der Waals surface area (Å²) in [5, 5.41) is 9.48. The van der Waals surface area contributed by atoms with Crippen molar-refractivity contribution in [3.63, 3.8) is 0 Å². The maximum atomic E-state index is 9.48. The van der Waals surface area contributed by atoms with Crippen LogP contribution in [0.15, 0.2) is 42.0 Å². The van der Waals surface area contributed by atoms with Crippen molar-refractivity contribution in [2.24, 2.45) is 0 Å². The number of rotatable bonds is 17. The molecule has 1 aliphatic heterocycles. The van der Waals surface area contributed by atoms with Crippen LogP contribution in [0.25, 0.3) is 0 Å². The molecule has 3 rings (SSSR count). The fourth-order valence-electron chi connectivity index (χ4n) is 4.69. The van der Waals surface area contributed by atoms with Crippen LogP contribution in [-0.4, -0.2) is 55.2 Å². The van der Waals surface area contributed by atoms with Gasteiger partial charge in [0.15, 0.2) is 0 Å². The largest absolute Gasteiger partial charge is 0.463 e. The highest BCUT2D eigenvalue weighted by Crippen LogP contribution is 2.31. The summed E-state index contributed by atoms with van der Waals surface area (Å²) in [5.74, 6) is 0.374. The van der Waals surface area contributed by atoms with Crippen LogP contribution in [-0.2, 0) is 22.5 Å². The Morgan fingerprint density at radius 1 is 0.943 bits per heavy atom. The van der Waals surface area contributed by atoms with Crippen LogP contribution >= 0.6 is 0 Å². The molecule has 1 aromatic carbocycles. The monoisotopic (exact) mass is 485 g/mol. The van der Waals surface area contributed by atoms with Gasteiger partial charge in [-0.25, -0.2) is 0 Å². The normalized spacial score (nSPS) is 16.7. The summed E-state index contributed by atoms with van der Waals surface area (Å²) in [4.78, 5) is 2.38. The van der Waals surface area contributed by atoms with Gasteiger partial charge in [0, 0.05) is 45.7 Å². The first kappa shape index (κ1) is 27.9. The van der Waals surface area contributed by atoms with Crippen molar-refractivity contribution in [3.8, 4) is 5.75 Å². The molecular weight excluding hydrogens is 438 g/mol. The molecule has 0 saturated carbocycles. The van der Waals surface area contributed by atoms with E-state index < -0.39 is 5.79 Å². The lowest BCUT2D eigenvalue weighted by Crippen LogP contribution is -2.35. The molecule has 0 bridgehead atoms. The first-order chi connectivity index (χ1) is 17.1. The average molecular weight is 486 g/mol. The van der Waals surface area contributed by atoms with Crippen molar-refractivity contribution in [2.45, 2.75) is 90.4 Å². The van der Waals surface area contributed by atoms with Crippen LogP contribution in [0, 0.1) is 0 Å². The number of ether oxygens (including phenoxy) is 3. The maximum absolute atomic E-state index is 9.48. The van der Waals surface area contributed by atoms with E-state index in [0.29, 0.717) is 6.61 Å². The first-order valence-electron chi connectivity index (χ1n) is 13.8. The van der Waals surface area contributed by atoms with Crippen molar-refractivity contribution in [2.75, 3.05) is 39.5 Å². The van der Waals surface area contributed by atoms with Crippen molar-refractivity contribution < 1.29 is 19.3 Å². The molecule has 0 saturated heterocycles. The van der Waals surface area contributed by atoms with Gasteiger partial charge in [-0.3, -0.25) is 0 Å². The van der Waals surface area contributed by atoms with E-state index in [4.69, 9.17) is 14.2 Å². The van der Waals surface area contributed by atoms with Gasteiger partial charge in [0.1, 0.15) is 5.75 Å². The van der Waals surface area contributed by atoms with Gasteiger partial charge >= 0.3 is 0 Å². The van der Waals surface area contributed by atoms with Crippen molar-refractivity contribution in [1.82, 2.24) is 4.90 Å². The van der Waals surface area contributed by atoms with Gasteiger partial charge in [0.05, 0.1) is 13.2 Å². The minimum Gasteiger partial charge on any atom is -0.463 e. The number of benzene rings is 1. The lowest BCUT2D eigenvalue weighted by molar-refractivity contribution is -0.180. The molecule has 0 unspecified atom stereocenters. The molecule has 0 amide bonds. The second-order valence-corrected chi connectivity index (χ2v) is 10.3. The van der Waals surface area contributed by atoms with Crippen LogP contribution in [0.5, 0.6) is 5.75 Å². The summed E-state index contributed by atoms with van der Waals surface area (Å²) in [6.07, 6.45) is 18.6. The van der Waals surface area contributed by atoms with Gasteiger partial charge in [-0.1, -0.05) is 42.7 Å². The molecule has 1 N–H and O–H groups in total. The van der Waals surface area contributed by atoms with Crippen LogP contribution in [0.1, 0.15) is 82.8 Å². The van der Waals surface area contributed by atoms with E-state index in [2.05, 4.69) is 41.3 Å².